The maximum absolute atomic E-state index is 13.2. The third kappa shape index (κ3) is 4.99. The van der Waals surface area contributed by atoms with E-state index < -0.39 is 10.1 Å². The molecule has 2 aromatic carbocycles. The van der Waals surface area contributed by atoms with Gasteiger partial charge in [-0.25, -0.2) is 4.98 Å². The SMILES string of the molecule is COc1cc(Br)ccc1Cc1c(C)nc(N)nc1OS(=O)(=O)c1c(C)cc(C)cc1C. The van der Waals surface area contributed by atoms with E-state index in [2.05, 4.69) is 25.9 Å². The highest BCUT2D eigenvalue weighted by Crippen LogP contribution is 2.32. The van der Waals surface area contributed by atoms with Crippen molar-refractivity contribution < 1.29 is 17.3 Å². The van der Waals surface area contributed by atoms with Gasteiger partial charge in [0.2, 0.25) is 11.8 Å². The van der Waals surface area contributed by atoms with Gasteiger partial charge in [-0.1, -0.05) is 39.7 Å². The number of hydrogen-bond acceptors (Lipinski definition) is 7. The van der Waals surface area contributed by atoms with Crippen molar-refractivity contribution in [2.75, 3.05) is 12.8 Å². The second-order valence-electron chi connectivity index (χ2n) is 7.35. The highest BCUT2D eigenvalue weighted by molar-refractivity contribution is 9.10. The monoisotopic (exact) mass is 505 g/mol. The summed E-state index contributed by atoms with van der Waals surface area (Å²) in [5.74, 6) is 0.491. The van der Waals surface area contributed by atoms with Crippen LogP contribution in [0.4, 0.5) is 5.95 Å². The van der Waals surface area contributed by atoms with Gasteiger partial charge in [0.15, 0.2) is 0 Å². The number of anilines is 1. The minimum absolute atomic E-state index is 0.0634. The summed E-state index contributed by atoms with van der Waals surface area (Å²) in [7, 11) is -2.57. The Bertz CT molecular complexity index is 1240. The predicted molar refractivity (Wildman–Crippen MR) is 123 cm³/mol. The summed E-state index contributed by atoms with van der Waals surface area (Å²) in [6.45, 7) is 7.13. The van der Waals surface area contributed by atoms with E-state index in [4.69, 9.17) is 14.7 Å². The summed E-state index contributed by atoms with van der Waals surface area (Å²) >= 11 is 3.42. The van der Waals surface area contributed by atoms with E-state index in [-0.39, 0.29) is 16.7 Å². The maximum atomic E-state index is 13.2. The fourth-order valence-electron chi connectivity index (χ4n) is 3.62. The van der Waals surface area contributed by atoms with Gasteiger partial charge < -0.3 is 14.7 Å². The number of nitrogens with two attached hydrogens (primary N) is 1. The molecule has 0 amide bonds. The lowest BCUT2D eigenvalue weighted by atomic mass is 10.0. The summed E-state index contributed by atoms with van der Waals surface area (Å²) in [4.78, 5) is 8.43. The minimum Gasteiger partial charge on any atom is -0.496 e. The standard InChI is InChI=1S/C22H24BrN3O4S/c1-12-8-13(2)20(14(3)9-12)31(27,28)30-21-18(15(4)25-22(24)26-21)10-16-6-7-17(23)11-19(16)29-5/h6-9,11H,10H2,1-5H3,(H2,24,25,26). The van der Waals surface area contributed by atoms with Gasteiger partial charge >= 0.3 is 10.1 Å². The van der Waals surface area contributed by atoms with E-state index in [1.54, 1.807) is 40.0 Å². The van der Waals surface area contributed by atoms with Crippen molar-refractivity contribution in [3.8, 4) is 11.6 Å². The molecule has 31 heavy (non-hydrogen) atoms. The largest absolute Gasteiger partial charge is 0.496 e. The van der Waals surface area contributed by atoms with Crippen LogP contribution in [0.15, 0.2) is 39.7 Å². The molecule has 0 radical (unpaired) electrons. The highest BCUT2D eigenvalue weighted by Gasteiger charge is 2.26. The number of nitrogens with zero attached hydrogens (tertiary/aromatic N) is 2. The van der Waals surface area contributed by atoms with Gasteiger partial charge in [-0.05, 0) is 56.5 Å². The van der Waals surface area contributed by atoms with Gasteiger partial charge in [-0.2, -0.15) is 13.4 Å². The molecule has 0 saturated carbocycles. The molecule has 7 nitrogen and oxygen atoms in total. The second-order valence-corrected chi connectivity index (χ2v) is 9.75. The van der Waals surface area contributed by atoms with Crippen molar-refractivity contribution in [3.63, 3.8) is 0 Å². The lowest BCUT2D eigenvalue weighted by Crippen LogP contribution is -2.17. The number of ether oxygens (including phenoxy) is 1. The number of aryl methyl sites for hydroxylation is 4. The van der Waals surface area contributed by atoms with Crippen molar-refractivity contribution in [2.24, 2.45) is 0 Å². The zero-order valence-corrected chi connectivity index (χ0v) is 20.4. The van der Waals surface area contributed by atoms with E-state index in [0.29, 0.717) is 34.6 Å². The van der Waals surface area contributed by atoms with E-state index in [0.717, 1.165) is 15.6 Å². The van der Waals surface area contributed by atoms with Crippen molar-refractivity contribution >= 4 is 32.0 Å². The summed E-state index contributed by atoms with van der Waals surface area (Å²) in [5.41, 5.74) is 9.85. The Balaban J connectivity index is 2.09. The minimum atomic E-state index is -4.15. The first-order chi connectivity index (χ1) is 14.5. The third-order valence-electron chi connectivity index (χ3n) is 4.85. The summed E-state index contributed by atoms with van der Waals surface area (Å²) in [6.07, 6.45) is 0.305. The molecule has 0 aliphatic carbocycles. The molecule has 9 heteroatoms. The van der Waals surface area contributed by atoms with Gasteiger partial charge in [-0.3, -0.25) is 0 Å². The van der Waals surface area contributed by atoms with E-state index in [1.807, 2.05) is 25.1 Å². The number of benzene rings is 2. The first kappa shape index (κ1) is 23.0. The second kappa shape index (κ2) is 8.84. The topological polar surface area (TPSA) is 104 Å². The van der Waals surface area contributed by atoms with E-state index >= 15 is 0 Å². The molecule has 0 saturated heterocycles. The number of methoxy groups -OCH3 is 1. The smallest absolute Gasteiger partial charge is 0.341 e. The Morgan fingerprint density at radius 2 is 1.68 bits per heavy atom. The molecule has 1 aromatic heterocycles. The lowest BCUT2D eigenvalue weighted by molar-refractivity contribution is 0.410. The normalized spacial score (nSPS) is 11.4. The molecule has 3 rings (SSSR count). The first-order valence-corrected chi connectivity index (χ1v) is 11.7. The molecule has 0 bridgehead atoms. The highest BCUT2D eigenvalue weighted by atomic mass is 79.9. The predicted octanol–water partition coefficient (Wildman–Crippen LogP) is 4.42. The molecule has 3 aromatic rings. The molecule has 1 heterocycles. The van der Waals surface area contributed by atoms with Gasteiger partial charge in [0.05, 0.1) is 12.8 Å². The molecule has 164 valence electrons. The number of hydrogen-bond donors (Lipinski definition) is 1. The van der Waals surface area contributed by atoms with Crippen molar-refractivity contribution in [1.29, 1.82) is 0 Å². The Morgan fingerprint density at radius 3 is 2.29 bits per heavy atom. The molecule has 0 spiro atoms. The van der Waals surface area contributed by atoms with E-state index in [1.165, 1.54) is 0 Å². The van der Waals surface area contributed by atoms with E-state index in [9.17, 15) is 8.42 Å². The Labute approximate surface area is 190 Å². The van der Waals surface area contributed by atoms with Crippen LogP contribution in [0.3, 0.4) is 0 Å². The van der Waals surface area contributed by atoms with Gasteiger partial charge in [0.25, 0.3) is 0 Å². The molecular formula is C22H24BrN3O4S. The number of aromatic nitrogens is 2. The maximum Gasteiger partial charge on any atom is 0.341 e. The first-order valence-electron chi connectivity index (χ1n) is 9.49. The number of nitrogen functional groups attached to an aromatic ring is 1. The average Bonchev–Trinajstić information content (AvgIpc) is 2.63. The summed E-state index contributed by atoms with van der Waals surface area (Å²) in [5, 5.41) is 0. The van der Waals surface area contributed by atoms with Gasteiger partial charge in [-0.15, -0.1) is 0 Å². The molecule has 0 aliphatic heterocycles. The van der Waals surface area contributed by atoms with Crippen molar-refractivity contribution in [1.82, 2.24) is 9.97 Å². The number of halogens is 1. The van der Waals surface area contributed by atoms with Crippen LogP contribution >= 0.6 is 15.9 Å². The lowest BCUT2D eigenvalue weighted by Gasteiger charge is -2.16. The zero-order valence-electron chi connectivity index (χ0n) is 18.0. The van der Waals surface area contributed by atoms with Crippen LogP contribution in [0.2, 0.25) is 0 Å². The van der Waals surface area contributed by atoms with Crippen molar-refractivity contribution in [3.05, 3.63) is 68.3 Å². The van der Waals surface area contributed by atoms with Gasteiger partial charge in [0.1, 0.15) is 10.6 Å². The van der Waals surface area contributed by atoms with Crippen LogP contribution < -0.4 is 14.7 Å². The van der Waals surface area contributed by atoms with Crippen molar-refractivity contribution in [2.45, 2.75) is 39.0 Å². The van der Waals surface area contributed by atoms with Crippen LogP contribution in [0, 0.1) is 27.7 Å². The van der Waals surface area contributed by atoms with Crippen LogP contribution in [0.5, 0.6) is 11.6 Å². The number of rotatable bonds is 6. The molecule has 2 N–H and O–H groups in total. The molecule has 0 atom stereocenters. The average molecular weight is 506 g/mol. The molecular weight excluding hydrogens is 482 g/mol. The molecule has 0 aliphatic rings. The summed E-state index contributed by atoms with van der Waals surface area (Å²) in [6, 6.07) is 9.19. The molecule has 0 fully saturated rings. The Hall–Kier alpha value is -2.65. The molecule has 0 unspecified atom stereocenters. The Kier molecular flexibility index (Phi) is 6.56. The van der Waals surface area contributed by atoms with Crippen LogP contribution in [-0.4, -0.2) is 25.5 Å². The van der Waals surface area contributed by atoms with Gasteiger partial charge in [0, 0.05) is 16.5 Å². The third-order valence-corrected chi connectivity index (χ3v) is 6.87. The zero-order chi connectivity index (χ0) is 22.9. The van der Waals surface area contributed by atoms with Crippen LogP contribution in [0.1, 0.15) is 33.5 Å². The quantitative estimate of drug-likeness (QED) is 0.494. The van der Waals surface area contributed by atoms with Crippen LogP contribution in [-0.2, 0) is 16.5 Å². The van der Waals surface area contributed by atoms with Crippen LogP contribution in [0.25, 0.3) is 0 Å². The summed E-state index contributed by atoms with van der Waals surface area (Å²) < 4.78 is 38.3. The Morgan fingerprint density at radius 1 is 1.03 bits per heavy atom. The fourth-order valence-corrected chi connectivity index (χ4v) is 5.30. The fraction of sp³-hybridized carbons (Fsp3) is 0.273.